The minimum atomic E-state index is -0.782. The molecule has 3 saturated heterocycles. The molecular formula is C34H38FN9O5. The number of fused-ring (bicyclic) bond motifs is 1. The van der Waals surface area contributed by atoms with Crippen molar-refractivity contribution in [2.75, 3.05) is 57.3 Å². The number of nitriles is 1. The molecule has 49 heavy (non-hydrogen) atoms. The van der Waals surface area contributed by atoms with Crippen LogP contribution in [0.1, 0.15) is 26.5 Å². The SMILES string of the molecule is CC(C)(C)OC(=O)N1CCN(CC(=O)N2CC3C(C2)C3(C#N)c2ccc(-c3ccc(N4C[C@H](Cn5ccnn5)OC4=O)cc3F)cn2)CC1. The molecule has 4 aliphatic rings. The number of amides is 3. The summed E-state index contributed by atoms with van der Waals surface area (Å²) < 4.78 is 27.8. The van der Waals surface area contributed by atoms with Gasteiger partial charge in [-0.25, -0.2) is 18.7 Å². The molecule has 14 nitrogen and oxygen atoms in total. The molecule has 3 atom stereocenters. The second-order valence-electron chi connectivity index (χ2n) is 14.1. The summed E-state index contributed by atoms with van der Waals surface area (Å²) in [4.78, 5) is 49.6. The zero-order valence-electron chi connectivity index (χ0n) is 27.7. The molecule has 1 aromatic carbocycles. The molecule has 4 fully saturated rings. The molecule has 0 N–H and O–H groups in total. The first-order valence-electron chi connectivity index (χ1n) is 16.4. The van der Waals surface area contributed by atoms with Crippen LogP contribution in [0.3, 0.4) is 0 Å². The van der Waals surface area contributed by atoms with E-state index in [1.165, 1.54) is 11.0 Å². The van der Waals surface area contributed by atoms with Crippen LogP contribution in [0.4, 0.5) is 19.7 Å². The zero-order valence-corrected chi connectivity index (χ0v) is 27.7. The van der Waals surface area contributed by atoms with Crippen molar-refractivity contribution >= 4 is 23.8 Å². The zero-order chi connectivity index (χ0) is 34.5. The van der Waals surface area contributed by atoms with Crippen LogP contribution in [0.2, 0.25) is 0 Å². The molecule has 1 saturated carbocycles. The number of piperazine rings is 1. The second-order valence-corrected chi connectivity index (χ2v) is 14.1. The van der Waals surface area contributed by atoms with Gasteiger partial charge in [-0.15, -0.1) is 5.10 Å². The van der Waals surface area contributed by atoms with Crippen molar-refractivity contribution in [3.8, 4) is 17.2 Å². The number of halogens is 1. The average molecular weight is 672 g/mol. The predicted octanol–water partition coefficient (Wildman–Crippen LogP) is 2.91. The lowest BCUT2D eigenvalue weighted by atomic mass is 9.95. The molecule has 15 heteroatoms. The Bertz CT molecular complexity index is 1770. The van der Waals surface area contributed by atoms with Crippen LogP contribution in [-0.4, -0.2) is 117 Å². The van der Waals surface area contributed by atoms with Gasteiger partial charge in [0.1, 0.15) is 22.9 Å². The van der Waals surface area contributed by atoms with E-state index in [9.17, 15) is 19.6 Å². The molecule has 256 valence electrons. The van der Waals surface area contributed by atoms with Crippen LogP contribution < -0.4 is 4.90 Å². The molecule has 0 bridgehead atoms. The van der Waals surface area contributed by atoms with E-state index in [2.05, 4.69) is 21.4 Å². The molecular weight excluding hydrogens is 633 g/mol. The number of pyridine rings is 1. The van der Waals surface area contributed by atoms with Crippen LogP contribution in [0, 0.1) is 29.0 Å². The molecule has 3 aromatic rings. The lowest BCUT2D eigenvalue weighted by Gasteiger charge is -2.36. The molecule has 0 spiro atoms. The monoisotopic (exact) mass is 671 g/mol. The lowest BCUT2D eigenvalue weighted by molar-refractivity contribution is -0.132. The largest absolute Gasteiger partial charge is 0.444 e. The molecule has 3 amide bonds. The number of carbonyl (C=O) groups excluding carboxylic acids is 3. The Kier molecular flexibility index (Phi) is 8.22. The predicted molar refractivity (Wildman–Crippen MR) is 172 cm³/mol. The van der Waals surface area contributed by atoms with Crippen LogP contribution in [0.5, 0.6) is 0 Å². The Balaban J connectivity index is 0.932. The summed E-state index contributed by atoms with van der Waals surface area (Å²) in [6.45, 7) is 9.50. The third-order valence-corrected chi connectivity index (χ3v) is 9.80. The van der Waals surface area contributed by atoms with E-state index in [4.69, 9.17) is 9.47 Å². The van der Waals surface area contributed by atoms with E-state index >= 15 is 4.39 Å². The van der Waals surface area contributed by atoms with Crippen molar-refractivity contribution < 1.29 is 28.2 Å². The minimum absolute atomic E-state index is 0.0138. The van der Waals surface area contributed by atoms with E-state index in [1.54, 1.807) is 52.4 Å². The third kappa shape index (κ3) is 6.28. The van der Waals surface area contributed by atoms with Crippen molar-refractivity contribution in [3.05, 3.63) is 60.4 Å². The molecule has 3 aliphatic heterocycles. The summed E-state index contributed by atoms with van der Waals surface area (Å²) in [7, 11) is 0. The maximum Gasteiger partial charge on any atom is 0.414 e. The standard InChI is InChI=1S/C34H38FN9O5/c1-33(2,3)49-31(46)41-12-10-40(11-13-41)20-30(45)42-18-26-27(19-42)34(26,21-36)29-7-4-22(15-37-29)25-6-5-23(14-28(25)35)44-17-24(48-32(44)47)16-43-9-8-38-39-43/h4-9,14-15,24,26-27H,10-13,16-20H2,1-3H3/t24-,26?,27?,34?/m0/s1. The number of piperidine rings is 1. The van der Waals surface area contributed by atoms with Gasteiger partial charge >= 0.3 is 12.2 Å². The van der Waals surface area contributed by atoms with E-state index in [0.29, 0.717) is 68.3 Å². The van der Waals surface area contributed by atoms with Gasteiger partial charge in [0.25, 0.3) is 0 Å². The van der Waals surface area contributed by atoms with Gasteiger partial charge in [0.05, 0.1) is 43.3 Å². The number of nitrogens with zero attached hydrogens (tertiary/aromatic N) is 9. The number of carbonyl (C=O) groups is 3. The summed E-state index contributed by atoms with van der Waals surface area (Å²) in [6.07, 6.45) is 3.45. The van der Waals surface area contributed by atoms with Crippen LogP contribution in [-0.2, 0) is 26.2 Å². The van der Waals surface area contributed by atoms with Crippen LogP contribution in [0.15, 0.2) is 48.9 Å². The van der Waals surface area contributed by atoms with Crippen LogP contribution >= 0.6 is 0 Å². The number of aromatic nitrogens is 4. The summed E-state index contributed by atoms with van der Waals surface area (Å²) >= 11 is 0. The third-order valence-electron chi connectivity index (χ3n) is 9.80. The lowest BCUT2D eigenvalue weighted by Crippen LogP contribution is -2.52. The summed E-state index contributed by atoms with van der Waals surface area (Å²) in [6, 6.07) is 10.6. The van der Waals surface area contributed by atoms with Gasteiger partial charge in [0, 0.05) is 74.6 Å². The van der Waals surface area contributed by atoms with Crippen molar-refractivity contribution in [1.29, 1.82) is 5.26 Å². The molecule has 2 aromatic heterocycles. The van der Waals surface area contributed by atoms with E-state index < -0.39 is 29.0 Å². The van der Waals surface area contributed by atoms with Crippen LogP contribution in [0.25, 0.3) is 11.1 Å². The number of hydrogen-bond donors (Lipinski definition) is 0. The molecule has 2 unspecified atom stereocenters. The number of anilines is 1. The number of benzene rings is 1. The Hall–Kier alpha value is -5.10. The Labute approximate surface area is 283 Å². The highest BCUT2D eigenvalue weighted by molar-refractivity contribution is 5.90. The Morgan fingerprint density at radius 1 is 1.08 bits per heavy atom. The topological polar surface area (TPSA) is 150 Å². The van der Waals surface area contributed by atoms with Gasteiger partial charge in [-0.2, -0.15) is 5.26 Å². The molecule has 1 aliphatic carbocycles. The first-order chi connectivity index (χ1) is 23.4. The van der Waals surface area contributed by atoms with Crippen molar-refractivity contribution in [1.82, 2.24) is 34.7 Å². The fraction of sp³-hybridized carbons (Fsp3) is 0.500. The Morgan fingerprint density at radius 3 is 2.45 bits per heavy atom. The highest BCUT2D eigenvalue weighted by Gasteiger charge is 2.71. The number of rotatable bonds is 7. The van der Waals surface area contributed by atoms with Crippen molar-refractivity contribution in [3.63, 3.8) is 0 Å². The summed E-state index contributed by atoms with van der Waals surface area (Å²) in [5.74, 6) is -0.542. The quantitative estimate of drug-likeness (QED) is 0.367. The Morgan fingerprint density at radius 2 is 1.84 bits per heavy atom. The summed E-state index contributed by atoms with van der Waals surface area (Å²) in [5.41, 5.74) is 0.530. The maximum absolute atomic E-state index is 15.4. The fourth-order valence-corrected chi connectivity index (χ4v) is 7.21. The number of likely N-dealkylation sites (tertiary alicyclic amines) is 1. The first-order valence-corrected chi connectivity index (χ1v) is 16.4. The van der Waals surface area contributed by atoms with Crippen molar-refractivity contribution in [2.24, 2.45) is 11.8 Å². The minimum Gasteiger partial charge on any atom is -0.444 e. The van der Waals surface area contributed by atoms with Crippen molar-refractivity contribution in [2.45, 2.75) is 44.4 Å². The van der Waals surface area contributed by atoms with E-state index in [-0.39, 0.29) is 36.9 Å². The molecule has 5 heterocycles. The molecule has 7 rings (SSSR count). The van der Waals surface area contributed by atoms with Gasteiger partial charge in [-0.05, 0) is 45.0 Å². The number of hydrogen-bond acceptors (Lipinski definition) is 10. The first kappa shape index (κ1) is 32.4. The average Bonchev–Trinajstić information content (AvgIpc) is 3.57. The van der Waals surface area contributed by atoms with Gasteiger partial charge in [0.15, 0.2) is 0 Å². The molecule has 0 radical (unpaired) electrons. The van der Waals surface area contributed by atoms with Gasteiger partial charge in [0.2, 0.25) is 5.91 Å². The van der Waals surface area contributed by atoms with E-state index in [0.717, 1.165) is 0 Å². The highest BCUT2D eigenvalue weighted by atomic mass is 19.1. The van der Waals surface area contributed by atoms with Gasteiger partial charge < -0.3 is 19.3 Å². The smallest absolute Gasteiger partial charge is 0.414 e. The highest BCUT2D eigenvalue weighted by Crippen LogP contribution is 2.62. The maximum atomic E-state index is 15.4. The fourth-order valence-electron chi connectivity index (χ4n) is 7.21. The number of cyclic esters (lactones) is 1. The second kappa shape index (κ2) is 12.4. The van der Waals surface area contributed by atoms with Gasteiger partial charge in [-0.1, -0.05) is 11.3 Å². The summed E-state index contributed by atoms with van der Waals surface area (Å²) in [5, 5.41) is 17.9. The number of ether oxygens (including phenoxy) is 2. The van der Waals surface area contributed by atoms with E-state index in [1.807, 2.05) is 30.6 Å². The normalized spacial score (nSPS) is 25.2. The van der Waals surface area contributed by atoms with Gasteiger partial charge in [-0.3, -0.25) is 19.6 Å².